The van der Waals surface area contributed by atoms with Crippen LogP contribution in [0.2, 0.25) is 0 Å². The molecule has 0 radical (unpaired) electrons. The number of nitrogens with two attached hydrogens (primary N) is 3. The zero-order chi connectivity index (χ0) is 70.7. The molecule has 29 nitrogen and oxygen atoms in total. The summed E-state index contributed by atoms with van der Waals surface area (Å²) in [5, 5.41) is 40.8. The smallest absolute Gasteiger partial charge is 0.295 e. The monoisotopic (exact) mass is 1370 g/mol. The second-order valence-corrected chi connectivity index (χ2v) is 26.8. The number of hydrogen-bond acceptors (Lipinski definition) is 19. The second kappa shape index (κ2) is 37.8. The molecule has 17 N–H and O–H groups in total. The Balaban J connectivity index is 1.38. The maximum Gasteiger partial charge on any atom is 0.295 e. The van der Waals surface area contributed by atoms with Crippen molar-refractivity contribution in [3.63, 3.8) is 0 Å². The molecule has 0 aromatic heterocycles. The number of amides is 8. The number of carbonyl (C=O) groups excluding carboxylic acids is 8. The lowest BCUT2D eigenvalue weighted by atomic mass is 9.96. The highest BCUT2D eigenvalue weighted by Crippen LogP contribution is 2.29. The molecule has 5 aromatic rings. The van der Waals surface area contributed by atoms with Gasteiger partial charge in [-0.05, 0) is 148 Å². The number of rotatable bonds is 40. The minimum atomic E-state index is -4.55. The number of phenols is 1. The number of phenolic OH excluding ortho intramolecular Hbond substituents is 1. The van der Waals surface area contributed by atoms with E-state index in [4.69, 9.17) is 17.2 Å². The number of nitrogens with zero attached hydrogens (tertiary/aromatic N) is 3. The molecule has 0 saturated heterocycles. The molecule has 1 unspecified atom stereocenters. The van der Waals surface area contributed by atoms with Gasteiger partial charge in [0.1, 0.15) is 40.9 Å². The maximum atomic E-state index is 14.8. The average Bonchev–Trinajstić information content (AvgIpc) is 0.793. The number of carbonyl (C=O) groups is 8. The van der Waals surface area contributed by atoms with Gasteiger partial charge in [-0.2, -0.15) is 18.6 Å². The van der Waals surface area contributed by atoms with E-state index in [9.17, 15) is 64.9 Å². The van der Waals surface area contributed by atoms with Crippen LogP contribution in [0, 0.1) is 11.8 Å². The number of nitrogens with one attached hydrogen (secondary N) is 9. The zero-order valence-corrected chi connectivity index (χ0v) is 56.4. The van der Waals surface area contributed by atoms with Crippen molar-refractivity contribution in [2.75, 3.05) is 57.0 Å². The Bertz CT molecular complexity index is 3710. The van der Waals surface area contributed by atoms with Gasteiger partial charge in [-0.15, -0.1) is 0 Å². The molecule has 522 valence electrons. The number of fused-ring (bicyclic) bond motifs is 1. The Hall–Kier alpha value is -9.14. The quantitative estimate of drug-likeness (QED) is 0.0152. The number of aromatic hydroxyl groups is 1. The van der Waals surface area contributed by atoms with E-state index in [0.717, 1.165) is 5.69 Å². The number of anilines is 2. The standard InChI is InChI=1S/C65H91N15O14S2/c1-7-41(4)59(64(88)71-39-56(68)82)77-65(89)58(40(2)3)76-63(87)53(16-8-10-34-66)75-61(85)52(17-9-11-35-72-95(90,91)47-30-24-44(25-31-47)79-78-43-22-26-45(27-23-43)80(5)6)74-62(86)54(73-60(84)50(67)38-42-20-28-46(81)29-21-42)32-33-57(83)70-37-36-69-51-18-12-15-49-48(51)14-13-19-55(49)96(92,93)94/h12-15,18-31,40-41,50,52-54,58-59,69,72,81H,7-11,16-17,32-39,66-67H2,1-6H3,(H2,68,82)(H,70,83)(H,71,88)(H,73,84)(H,74,86)(H,75,85)(H,76,87)(H,77,89)(H,92,93,94)/t41?,50-,52-,53-,54-,58-,59-/m0/s1. The molecule has 96 heavy (non-hydrogen) atoms. The predicted octanol–water partition coefficient (Wildman–Crippen LogP) is 3.16. The molecule has 0 fully saturated rings. The van der Waals surface area contributed by atoms with Crippen molar-refractivity contribution in [1.82, 2.24) is 41.9 Å². The van der Waals surface area contributed by atoms with E-state index in [-0.39, 0.29) is 92.1 Å². The second-order valence-electron chi connectivity index (χ2n) is 23.7. The number of benzene rings is 5. The lowest BCUT2D eigenvalue weighted by Crippen LogP contribution is -2.61. The molecule has 0 aliphatic heterocycles. The first-order valence-electron chi connectivity index (χ1n) is 31.6. The van der Waals surface area contributed by atoms with Crippen LogP contribution in [0.15, 0.2) is 129 Å². The summed E-state index contributed by atoms with van der Waals surface area (Å²) < 4.78 is 63.6. The summed E-state index contributed by atoms with van der Waals surface area (Å²) in [4.78, 5) is 112. The number of sulfonamides is 1. The van der Waals surface area contributed by atoms with Crippen molar-refractivity contribution in [1.29, 1.82) is 0 Å². The average molecular weight is 1370 g/mol. The van der Waals surface area contributed by atoms with Crippen molar-refractivity contribution in [2.24, 2.45) is 39.3 Å². The Labute approximate surface area is 559 Å². The normalized spacial score (nSPS) is 13.9. The van der Waals surface area contributed by atoms with Gasteiger partial charge in [0.05, 0.1) is 28.9 Å². The van der Waals surface area contributed by atoms with E-state index in [0.29, 0.717) is 47.3 Å². The van der Waals surface area contributed by atoms with Gasteiger partial charge in [-0.1, -0.05) is 70.5 Å². The molecule has 0 aliphatic carbocycles. The van der Waals surface area contributed by atoms with Gasteiger partial charge in [0.25, 0.3) is 10.1 Å². The zero-order valence-electron chi connectivity index (χ0n) is 54.8. The number of hydrogen-bond donors (Lipinski definition) is 14. The van der Waals surface area contributed by atoms with Crippen molar-refractivity contribution in [2.45, 2.75) is 138 Å². The van der Waals surface area contributed by atoms with Gasteiger partial charge >= 0.3 is 0 Å². The molecule has 0 bridgehead atoms. The van der Waals surface area contributed by atoms with Crippen molar-refractivity contribution in [3.05, 3.63) is 115 Å². The highest BCUT2D eigenvalue weighted by molar-refractivity contribution is 7.89. The number of primary amides is 1. The largest absolute Gasteiger partial charge is 0.508 e. The molecule has 0 saturated carbocycles. The van der Waals surface area contributed by atoms with Gasteiger partial charge in [0.15, 0.2) is 0 Å². The van der Waals surface area contributed by atoms with E-state index >= 15 is 0 Å². The number of unbranched alkanes of at least 4 members (excludes halogenated alkanes) is 2. The van der Waals surface area contributed by atoms with E-state index in [1.807, 2.05) is 31.1 Å². The third kappa shape index (κ3) is 24.9. The minimum absolute atomic E-state index is 0.0114. The van der Waals surface area contributed by atoms with Gasteiger partial charge in [0.2, 0.25) is 57.3 Å². The summed E-state index contributed by atoms with van der Waals surface area (Å²) in [5.41, 5.74) is 20.5. The molecule has 0 heterocycles. The van der Waals surface area contributed by atoms with Crippen LogP contribution in [0.4, 0.5) is 22.7 Å². The maximum absolute atomic E-state index is 14.8. The van der Waals surface area contributed by atoms with Crippen LogP contribution in [0.25, 0.3) is 10.8 Å². The Morgan fingerprint density at radius 1 is 0.594 bits per heavy atom. The summed E-state index contributed by atoms with van der Waals surface area (Å²) in [7, 11) is -4.82. The highest BCUT2D eigenvalue weighted by Gasteiger charge is 2.35. The van der Waals surface area contributed by atoms with Gasteiger partial charge in [-0.25, -0.2) is 13.1 Å². The molecule has 0 spiro atoms. The van der Waals surface area contributed by atoms with Crippen LogP contribution in [-0.2, 0) is 64.9 Å². The molecule has 31 heteroatoms. The van der Waals surface area contributed by atoms with E-state index in [1.165, 1.54) is 54.6 Å². The first kappa shape index (κ1) is 77.6. The summed E-state index contributed by atoms with van der Waals surface area (Å²) in [6.07, 6.45) is 0.389. The number of azo groups is 1. The molecule has 5 rings (SSSR count). The van der Waals surface area contributed by atoms with E-state index in [1.54, 1.807) is 70.2 Å². The summed E-state index contributed by atoms with van der Waals surface area (Å²) in [6, 6.07) is 20.1. The fourth-order valence-corrected chi connectivity index (χ4v) is 11.7. The van der Waals surface area contributed by atoms with Crippen molar-refractivity contribution in [3.8, 4) is 5.75 Å². The minimum Gasteiger partial charge on any atom is -0.508 e. The van der Waals surface area contributed by atoms with Crippen LogP contribution in [0.5, 0.6) is 5.75 Å². The molecular weight excluding hydrogens is 1280 g/mol. The predicted molar refractivity (Wildman–Crippen MR) is 364 cm³/mol. The van der Waals surface area contributed by atoms with Crippen LogP contribution < -0.4 is 69.4 Å². The summed E-state index contributed by atoms with van der Waals surface area (Å²) in [5.74, 6) is -7.31. The third-order valence-electron chi connectivity index (χ3n) is 15.6. The van der Waals surface area contributed by atoms with Gasteiger partial charge < -0.3 is 69.7 Å². The fourth-order valence-electron chi connectivity index (χ4n) is 9.93. The molecular formula is C65H91N15O14S2. The van der Waals surface area contributed by atoms with Crippen molar-refractivity contribution >= 4 is 101 Å². The first-order valence-corrected chi connectivity index (χ1v) is 34.5. The van der Waals surface area contributed by atoms with Gasteiger partial charge in [0, 0.05) is 62.3 Å². The molecule has 0 aliphatic rings. The Morgan fingerprint density at radius 3 is 1.72 bits per heavy atom. The van der Waals surface area contributed by atoms with Crippen LogP contribution in [0.3, 0.4) is 0 Å². The molecule has 5 aromatic carbocycles. The topological polar surface area (TPSA) is 460 Å². The lowest BCUT2D eigenvalue weighted by Gasteiger charge is -2.30. The van der Waals surface area contributed by atoms with Crippen molar-refractivity contribution < 1.29 is 64.9 Å². The molecule has 7 atom stereocenters. The SMILES string of the molecule is CCC(C)[C@H](NC(=O)[C@@H](NC(=O)[C@H](CCCCN)NC(=O)[C@H](CCCCNS(=O)(=O)c1ccc(N=Nc2ccc(N(C)C)cc2)cc1)NC(=O)[C@H](CCC(=O)NCCNc1cccc2c(S(=O)(=O)O)cccc12)NC(=O)[C@@H](N)Cc1ccc(O)cc1)C(C)C)C(=O)NCC(N)=O. The van der Waals surface area contributed by atoms with E-state index < -0.39 is 122 Å². The summed E-state index contributed by atoms with van der Waals surface area (Å²) in [6.45, 7) is 6.56. The van der Waals surface area contributed by atoms with Crippen LogP contribution in [-0.4, -0.2) is 157 Å². The summed E-state index contributed by atoms with van der Waals surface area (Å²) >= 11 is 0. The Kier molecular flexibility index (Phi) is 30.6. The first-order chi connectivity index (χ1) is 45.5. The van der Waals surface area contributed by atoms with Crippen LogP contribution in [0.1, 0.15) is 91.0 Å². The Morgan fingerprint density at radius 2 is 1.15 bits per heavy atom. The third-order valence-corrected chi connectivity index (χ3v) is 18.0. The fraction of sp³-hybridized carbons (Fsp3) is 0.446. The van der Waals surface area contributed by atoms with Gasteiger partial charge in [-0.3, -0.25) is 42.9 Å². The van der Waals surface area contributed by atoms with E-state index in [2.05, 4.69) is 57.5 Å². The lowest BCUT2D eigenvalue weighted by molar-refractivity contribution is -0.136. The van der Waals surface area contributed by atoms with Crippen LogP contribution >= 0.6 is 0 Å². The highest BCUT2D eigenvalue weighted by atomic mass is 32.2. The molecule has 8 amide bonds.